The molecule has 2 nitrogen and oxygen atoms in total. The number of fused-ring (bicyclic) bond motifs is 6. The molecule has 3 aromatic rings. The average molecular weight is 457 g/mol. The summed E-state index contributed by atoms with van der Waals surface area (Å²) in [7, 11) is 0. The number of anilines is 1. The predicted octanol–water partition coefficient (Wildman–Crippen LogP) is 9.56. The van der Waals surface area contributed by atoms with Crippen LogP contribution < -0.4 is 10.2 Å². The van der Waals surface area contributed by atoms with E-state index >= 15 is 0 Å². The van der Waals surface area contributed by atoms with Crippen LogP contribution in [0.2, 0.25) is 0 Å². The van der Waals surface area contributed by atoms with E-state index < -0.39 is 0 Å². The van der Waals surface area contributed by atoms with Gasteiger partial charge in [0.25, 0.3) is 0 Å². The van der Waals surface area contributed by atoms with Crippen LogP contribution in [0.5, 0.6) is 0 Å². The van der Waals surface area contributed by atoms with Crippen LogP contribution in [0.1, 0.15) is 88.4 Å². The molecule has 2 aliphatic rings. The van der Waals surface area contributed by atoms with E-state index in [4.69, 9.17) is 0 Å². The molecule has 1 atom stereocenters. The van der Waals surface area contributed by atoms with Crippen LogP contribution in [0.4, 0.5) is 5.69 Å². The summed E-state index contributed by atoms with van der Waals surface area (Å²) in [6.07, 6.45) is 4.97. The zero-order valence-electron chi connectivity index (χ0n) is 22.8. The molecule has 5 rings (SSSR count). The number of hydrogen-bond donors (Lipinski definition) is 1. The first-order valence-electron chi connectivity index (χ1n) is 13.1. The second-order valence-electron chi connectivity index (χ2n) is 8.34. The first-order valence-corrected chi connectivity index (χ1v) is 13.1. The van der Waals surface area contributed by atoms with E-state index in [-0.39, 0.29) is 6.17 Å². The number of nitrogens with zero attached hydrogens (tertiary/aromatic N) is 1. The summed E-state index contributed by atoms with van der Waals surface area (Å²) in [5.74, 6) is 0. The summed E-state index contributed by atoms with van der Waals surface area (Å²) >= 11 is 0. The molecule has 0 aromatic heterocycles. The minimum absolute atomic E-state index is 0.149. The smallest absolute Gasteiger partial charge is 0.130 e. The van der Waals surface area contributed by atoms with Gasteiger partial charge in [-0.3, -0.25) is 0 Å². The molecule has 0 saturated heterocycles. The molecule has 0 amide bonds. The van der Waals surface area contributed by atoms with Gasteiger partial charge in [0, 0.05) is 22.9 Å². The van der Waals surface area contributed by atoms with E-state index in [9.17, 15) is 0 Å². The van der Waals surface area contributed by atoms with Gasteiger partial charge in [-0.1, -0.05) is 108 Å². The Bertz CT molecular complexity index is 1070. The molecule has 2 aliphatic heterocycles. The SMILES string of the molecule is CC.CC.CCCC.Cc1ccc2c(c1)-c1ccccc1C1NC=C(c3c(C)cccc3C)N21. The average Bonchev–Trinajstić information content (AvgIpc) is 3.32. The quantitative estimate of drug-likeness (QED) is 0.413. The van der Waals surface area contributed by atoms with Gasteiger partial charge in [-0.25, -0.2) is 0 Å². The van der Waals surface area contributed by atoms with Crippen LogP contribution in [0, 0.1) is 20.8 Å². The Hall–Kier alpha value is -3.00. The zero-order valence-corrected chi connectivity index (χ0v) is 22.8. The van der Waals surface area contributed by atoms with Crippen molar-refractivity contribution in [2.45, 2.75) is 81.3 Å². The van der Waals surface area contributed by atoms with E-state index in [0.717, 1.165) is 0 Å². The first kappa shape index (κ1) is 27.2. The molecule has 0 fully saturated rings. The predicted molar refractivity (Wildman–Crippen MR) is 152 cm³/mol. The number of hydrogen-bond acceptors (Lipinski definition) is 2. The molecule has 0 spiro atoms. The Balaban J connectivity index is 0.000000456. The van der Waals surface area contributed by atoms with E-state index in [1.165, 1.54) is 63.2 Å². The fraction of sp³-hybridized carbons (Fsp3) is 0.375. The molecular formula is C32H44N2. The lowest BCUT2D eigenvalue weighted by molar-refractivity contribution is 0.666. The Morgan fingerprint density at radius 2 is 1.35 bits per heavy atom. The molecule has 0 radical (unpaired) electrons. The van der Waals surface area contributed by atoms with E-state index in [0.29, 0.717) is 0 Å². The highest BCUT2D eigenvalue weighted by atomic mass is 15.3. The summed E-state index contributed by atoms with van der Waals surface area (Å²) in [4.78, 5) is 2.46. The van der Waals surface area contributed by atoms with Crippen molar-refractivity contribution in [2.75, 3.05) is 4.90 Å². The minimum atomic E-state index is 0.149. The van der Waals surface area contributed by atoms with Crippen LogP contribution in [0.15, 0.2) is 66.9 Å². The molecule has 2 heteroatoms. The summed E-state index contributed by atoms with van der Waals surface area (Å²) < 4.78 is 0. The molecule has 0 bridgehead atoms. The zero-order chi connectivity index (χ0) is 25.3. The molecule has 34 heavy (non-hydrogen) atoms. The van der Waals surface area contributed by atoms with E-state index in [2.05, 4.69) is 112 Å². The summed E-state index contributed by atoms with van der Waals surface area (Å²) in [5, 5.41) is 3.64. The van der Waals surface area contributed by atoms with Gasteiger partial charge >= 0.3 is 0 Å². The Morgan fingerprint density at radius 1 is 0.735 bits per heavy atom. The molecule has 1 N–H and O–H groups in total. The lowest BCUT2D eigenvalue weighted by atomic mass is 9.89. The van der Waals surface area contributed by atoms with Gasteiger partial charge in [0.05, 0.1) is 11.4 Å². The van der Waals surface area contributed by atoms with E-state index in [1.54, 1.807) is 0 Å². The second-order valence-corrected chi connectivity index (χ2v) is 8.34. The van der Waals surface area contributed by atoms with Crippen molar-refractivity contribution in [2.24, 2.45) is 0 Å². The van der Waals surface area contributed by atoms with Crippen molar-refractivity contribution in [1.82, 2.24) is 5.32 Å². The maximum Gasteiger partial charge on any atom is 0.130 e. The van der Waals surface area contributed by atoms with Crippen molar-refractivity contribution >= 4 is 11.4 Å². The van der Waals surface area contributed by atoms with Gasteiger partial charge in [-0.05, 0) is 49.6 Å². The Labute approximate surface area is 208 Å². The van der Waals surface area contributed by atoms with Crippen molar-refractivity contribution < 1.29 is 0 Å². The largest absolute Gasteiger partial charge is 0.365 e. The van der Waals surface area contributed by atoms with E-state index in [1.807, 2.05) is 27.7 Å². The van der Waals surface area contributed by atoms with Crippen molar-refractivity contribution in [3.8, 4) is 11.1 Å². The van der Waals surface area contributed by atoms with Crippen LogP contribution in [0.25, 0.3) is 16.8 Å². The fourth-order valence-electron chi connectivity index (χ4n) is 4.41. The van der Waals surface area contributed by atoms with Crippen molar-refractivity contribution in [3.63, 3.8) is 0 Å². The molecule has 182 valence electrons. The summed E-state index contributed by atoms with van der Waals surface area (Å²) in [6.45, 7) is 18.9. The minimum Gasteiger partial charge on any atom is -0.365 e. The van der Waals surface area contributed by atoms with Gasteiger partial charge in [-0.15, -0.1) is 0 Å². The molecule has 0 saturated carbocycles. The Kier molecular flexibility index (Phi) is 10.4. The van der Waals surface area contributed by atoms with Crippen LogP contribution in [0.3, 0.4) is 0 Å². The third kappa shape index (κ3) is 5.38. The maximum absolute atomic E-state index is 3.64. The van der Waals surface area contributed by atoms with Crippen molar-refractivity contribution in [3.05, 3.63) is 94.7 Å². The fourth-order valence-corrected chi connectivity index (χ4v) is 4.41. The number of rotatable bonds is 2. The summed E-state index contributed by atoms with van der Waals surface area (Å²) in [6, 6.07) is 22.1. The number of benzene rings is 3. The van der Waals surface area contributed by atoms with Gasteiger partial charge in [0.1, 0.15) is 6.17 Å². The summed E-state index contributed by atoms with van der Waals surface area (Å²) in [5.41, 5.74) is 11.8. The molecule has 2 heterocycles. The van der Waals surface area contributed by atoms with Crippen LogP contribution in [-0.4, -0.2) is 0 Å². The molecule has 3 aromatic carbocycles. The number of unbranched alkanes of at least 4 members (excludes halogenated alkanes) is 1. The van der Waals surface area contributed by atoms with Gasteiger partial charge in [0.15, 0.2) is 0 Å². The van der Waals surface area contributed by atoms with Gasteiger partial charge in [-0.2, -0.15) is 0 Å². The first-order chi connectivity index (χ1) is 16.6. The number of aryl methyl sites for hydroxylation is 3. The molecule has 1 unspecified atom stereocenters. The third-order valence-electron chi connectivity index (χ3n) is 6.09. The Morgan fingerprint density at radius 3 is 1.97 bits per heavy atom. The normalized spacial score (nSPS) is 14.3. The highest BCUT2D eigenvalue weighted by molar-refractivity contribution is 5.95. The third-order valence-corrected chi connectivity index (χ3v) is 6.09. The molecule has 0 aliphatic carbocycles. The highest BCUT2D eigenvalue weighted by Crippen LogP contribution is 2.49. The topological polar surface area (TPSA) is 15.3 Å². The lowest BCUT2D eigenvalue weighted by Crippen LogP contribution is -2.32. The highest BCUT2D eigenvalue weighted by Gasteiger charge is 2.37. The number of nitrogens with one attached hydrogen (secondary N) is 1. The van der Waals surface area contributed by atoms with Crippen molar-refractivity contribution in [1.29, 1.82) is 0 Å². The standard InChI is InChI=1S/C24H22N2.C4H10.2C2H6/c1-15-11-12-21-20(13-15)18-9-4-5-10-19(18)24-25-14-22(26(21)24)23-16(2)7-6-8-17(23)3;1-3-4-2;2*1-2/h4-14,24-25H,1-3H3;3-4H2,1-2H3;2*1-2H3. The maximum atomic E-state index is 3.64. The van der Waals surface area contributed by atoms with Crippen LogP contribution >= 0.6 is 0 Å². The molecular weight excluding hydrogens is 412 g/mol. The lowest BCUT2D eigenvalue weighted by Gasteiger charge is -2.37. The monoisotopic (exact) mass is 456 g/mol. The van der Waals surface area contributed by atoms with Crippen LogP contribution in [-0.2, 0) is 0 Å². The second kappa shape index (κ2) is 13.0. The van der Waals surface area contributed by atoms with Gasteiger partial charge in [0.2, 0.25) is 0 Å². The van der Waals surface area contributed by atoms with Gasteiger partial charge < -0.3 is 10.2 Å².